The third kappa shape index (κ3) is 6.68. The van der Waals surface area contributed by atoms with Gasteiger partial charge >= 0.3 is 0 Å². The number of hydrogen-bond acceptors (Lipinski definition) is 3. The van der Waals surface area contributed by atoms with Crippen LogP contribution in [0.1, 0.15) is 39.5 Å². The molecule has 5 heteroatoms. The van der Waals surface area contributed by atoms with E-state index in [0.29, 0.717) is 12.0 Å². The lowest BCUT2D eigenvalue weighted by Crippen LogP contribution is -2.49. The topological polar surface area (TPSA) is 42.9 Å². The first-order chi connectivity index (χ1) is 11.1. The van der Waals surface area contributed by atoms with Gasteiger partial charge in [-0.3, -0.25) is 4.99 Å². The first-order valence-corrected chi connectivity index (χ1v) is 9.45. The standard InChI is InChI=1S/C18H37N5/c1-15-5-7-17(8-6-15)21-18(19-3)20-13-16(2)14-23-11-9-22(4)10-12-23/h15-17H,5-14H2,1-4H3,(H2,19,20,21). The highest BCUT2D eigenvalue weighted by atomic mass is 15.2. The highest BCUT2D eigenvalue weighted by molar-refractivity contribution is 5.79. The van der Waals surface area contributed by atoms with E-state index in [1.54, 1.807) is 0 Å². The summed E-state index contributed by atoms with van der Waals surface area (Å²) in [6.07, 6.45) is 5.24. The van der Waals surface area contributed by atoms with Crippen LogP contribution in [0.5, 0.6) is 0 Å². The monoisotopic (exact) mass is 323 g/mol. The van der Waals surface area contributed by atoms with Gasteiger partial charge in [-0.15, -0.1) is 0 Å². The average Bonchev–Trinajstić information content (AvgIpc) is 2.55. The summed E-state index contributed by atoms with van der Waals surface area (Å²) in [4.78, 5) is 9.41. The molecule has 1 unspecified atom stereocenters. The van der Waals surface area contributed by atoms with Crippen LogP contribution in [0, 0.1) is 11.8 Å². The normalized spacial score (nSPS) is 29.3. The lowest BCUT2D eigenvalue weighted by atomic mass is 9.87. The quantitative estimate of drug-likeness (QED) is 0.596. The van der Waals surface area contributed by atoms with Crippen LogP contribution >= 0.6 is 0 Å². The Kier molecular flexibility index (Phi) is 7.63. The lowest BCUT2D eigenvalue weighted by molar-refractivity contribution is 0.139. The second kappa shape index (κ2) is 9.48. The third-order valence-electron chi connectivity index (χ3n) is 5.36. The molecule has 1 saturated heterocycles. The lowest BCUT2D eigenvalue weighted by Gasteiger charge is -2.34. The number of hydrogen-bond donors (Lipinski definition) is 2. The zero-order chi connectivity index (χ0) is 16.7. The van der Waals surface area contributed by atoms with Gasteiger partial charge in [-0.25, -0.2) is 0 Å². The van der Waals surface area contributed by atoms with Gasteiger partial charge in [0.25, 0.3) is 0 Å². The Bertz CT molecular complexity index is 354. The van der Waals surface area contributed by atoms with Crippen LogP contribution in [0.4, 0.5) is 0 Å². The predicted molar refractivity (Wildman–Crippen MR) is 99.0 cm³/mol. The second-order valence-corrected chi connectivity index (χ2v) is 7.76. The van der Waals surface area contributed by atoms with Crippen molar-refractivity contribution in [1.29, 1.82) is 0 Å². The Hall–Kier alpha value is -0.810. The molecule has 2 N–H and O–H groups in total. The Labute approximate surface area is 142 Å². The molecule has 23 heavy (non-hydrogen) atoms. The number of guanidine groups is 1. The molecule has 1 aliphatic carbocycles. The van der Waals surface area contributed by atoms with Gasteiger partial charge in [0.1, 0.15) is 0 Å². The van der Waals surface area contributed by atoms with E-state index in [-0.39, 0.29) is 0 Å². The molecule has 0 radical (unpaired) electrons. The first-order valence-electron chi connectivity index (χ1n) is 9.45. The van der Waals surface area contributed by atoms with Gasteiger partial charge in [0.15, 0.2) is 5.96 Å². The van der Waals surface area contributed by atoms with Gasteiger partial charge in [-0.1, -0.05) is 13.8 Å². The van der Waals surface area contributed by atoms with Crippen LogP contribution in [-0.2, 0) is 0 Å². The Morgan fingerprint density at radius 2 is 1.78 bits per heavy atom. The number of piperazine rings is 1. The minimum absolute atomic E-state index is 0.602. The highest BCUT2D eigenvalue weighted by Gasteiger charge is 2.19. The largest absolute Gasteiger partial charge is 0.356 e. The molecule has 0 aromatic heterocycles. The van der Waals surface area contributed by atoms with Gasteiger partial charge in [0.05, 0.1) is 0 Å². The van der Waals surface area contributed by atoms with Crippen molar-refractivity contribution in [2.24, 2.45) is 16.8 Å². The molecule has 0 bridgehead atoms. The van der Waals surface area contributed by atoms with E-state index in [9.17, 15) is 0 Å². The van der Waals surface area contributed by atoms with Crippen molar-refractivity contribution < 1.29 is 0 Å². The third-order valence-corrected chi connectivity index (χ3v) is 5.36. The second-order valence-electron chi connectivity index (χ2n) is 7.76. The van der Waals surface area contributed by atoms with Gasteiger partial charge in [-0.2, -0.15) is 0 Å². The minimum atomic E-state index is 0.602. The van der Waals surface area contributed by atoms with E-state index in [0.717, 1.165) is 18.4 Å². The van der Waals surface area contributed by atoms with Gasteiger partial charge in [-0.05, 0) is 44.6 Å². The summed E-state index contributed by atoms with van der Waals surface area (Å²) in [5.41, 5.74) is 0. The van der Waals surface area contributed by atoms with Crippen LogP contribution in [0.15, 0.2) is 4.99 Å². The first kappa shape index (κ1) is 18.5. The number of aliphatic imine (C=N–C) groups is 1. The van der Waals surface area contributed by atoms with Crippen LogP contribution < -0.4 is 10.6 Å². The van der Waals surface area contributed by atoms with E-state index >= 15 is 0 Å². The van der Waals surface area contributed by atoms with Crippen molar-refractivity contribution in [3.63, 3.8) is 0 Å². The molecule has 5 nitrogen and oxygen atoms in total. The van der Waals surface area contributed by atoms with Crippen LogP contribution in [0.3, 0.4) is 0 Å². The molecule has 0 spiro atoms. The molecule has 1 saturated carbocycles. The summed E-state index contributed by atoms with van der Waals surface area (Å²) in [5, 5.41) is 7.14. The molecule has 1 atom stereocenters. The molecule has 2 rings (SSSR count). The van der Waals surface area contributed by atoms with E-state index in [2.05, 4.69) is 46.3 Å². The maximum absolute atomic E-state index is 4.40. The number of nitrogens with one attached hydrogen (secondary N) is 2. The van der Waals surface area contributed by atoms with Crippen LogP contribution in [-0.4, -0.2) is 75.2 Å². The molecular weight excluding hydrogens is 286 g/mol. The number of rotatable bonds is 5. The average molecular weight is 324 g/mol. The van der Waals surface area contributed by atoms with Crippen molar-refractivity contribution in [1.82, 2.24) is 20.4 Å². The fourth-order valence-electron chi connectivity index (χ4n) is 3.60. The van der Waals surface area contributed by atoms with E-state index in [1.165, 1.54) is 58.4 Å². The van der Waals surface area contributed by atoms with Crippen molar-refractivity contribution in [2.45, 2.75) is 45.6 Å². The summed E-state index contributed by atoms with van der Waals surface area (Å²) < 4.78 is 0. The molecule has 0 aromatic carbocycles. The van der Waals surface area contributed by atoms with Crippen molar-refractivity contribution in [3.8, 4) is 0 Å². The zero-order valence-corrected chi connectivity index (χ0v) is 15.6. The molecule has 0 amide bonds. The van der Waals surface area contributed by atoms with E-state index in [4.69, 9.17) is 0 Å². The summed E-state index contributed by atoms with van der Waals surface area (Å²) in [5.74, 6) is 2.52. The van der Waals surface area contributed by atoms with E-state index in [1.807, 2.05) is 7.05 Å². The maximum Gasteiger partial charge on any atom is 0.191 e. The molecule has 1 aliphatic heterocycles. The van der Waals surface area contributed by atoms with Crippen LogP contribution in [0.25, 0.3) is 0 Å². The maximum atomic E-state index is 4.40. The molecule has 1 heterocycles. The zero-order valence-electron chi connectivity index (χ0n) is 15.6. The fourth-order valence-corrected chi connectivity index (χ4v) is 3.60. The van der Waals surface area contributed by atoms with Crippen molar-refractivity contribution in [2.75, 3.05) is 53.4 Å². The molecule has 134 valence electrons. The number of nitrogens with zero attached hydrogens (tertiary/aromatic N) is 3. The fraction of sp³-hybridized carbons (Fsp3) is 0.944. The van der Waals surface area contributed by atoms with Gasteiger partial charge in [0.2, 0.25) is 0 Å². The predicted octanol–water partition coefficient (Wildman–Crippen LogP) is 1.61. The SMILES string of the molecule is CN=C(NCC(C)CN1CCN(C)CC1)NC1CCC(C)CC1. The summed E-state index contributed by atoms with van der Waals surface area (Å²) in [6, 6.07) is 0.602. The minimum Gasteiger partial charge on any atom is -0.356 e. The number of likely N-dealkylation sites (N-methyl/N-ethyl adjacent to an activating group) is 1. The Morgan fingerprint density at radius 1 is 1.13 bits per heavy atom. The van der Waals surface area contributed by atoms with Crippen molar-refractivity contribution >= 4 is 5.96 Å². The van der Waals surface area contributed by atoms with Crippen LogP contribution in [0.2, 0.25) is 0 Å². The molecule has 0 aromatic rings. The van der Waals surface area contributed by atoms with Crippen molar-refractivity contribution in [3.05, 3.63) is 0 Å². The smallest absolute Gasteiger partial charge is 0.191 e. The molecule has 2 aliphatic rings. The summed E-state index contributed by atoms with van der Waals surface area (Å²) in [7, 11) is 4.09. The van der Waals surface area contributed by atoms with E-state index < -0.39 is 0 Å². The summed E-state index contributed by atoms with van der Waals surface area (Å²) >= 11 is 0. The molecule has 2 fully saturated rings. The Balaban J connectivity index is 1.64. The summed E-state index contributed by atoms with van der Waals surface area (Å²) in [6.45, 7) is 11.7. The highest BCUT2D eigenvalue weighted by Crippen LogP contribution is 2.23. The molecular formula is C18H37N5. The van der Waals surface area contributed by atoms with Gasteiger partial charge in [0, 0.05) is 52.4 Å². The Morgan fingerprint density at radius 3 is 2.39 bits per heavy atom. The van der Waals surface area contributed by atoms with Gasteiger partial charge < -0.3 is 20.4 Å².